The molecule has 0 saturated heterocycles. The van der Waals surface area contributed by atoms with E-state index in [1.165, 1.54) is 0 Å². The van der Waals surface area contributed by atoms with Crippen LogP contribution < -0.4 is 14.8 Å². The van der Waals surface area contributed by atoms with Gasteiger partial charge >= 0.3 is 0 Å². The first-order chi connectivity index (χ1) is 9.62. The van der Waals surface area contributed by atoms with Gasteiger partial charge in [0.15, 0.2) is 16.7 Å². The highest BCUT2D eigenvalue weighted by Gasteiger charge is 2.19. The predicted molar refractivity (Wildman–Crippen MR) is 86.3 cm³/mol. The van der Waals surface area contributed by atoms with Crippen molar-refractivity contribution < 1.29 is 9.47 Å². The van der Waals surface area contributed by atoms with Crippen molar-refractivity contribution in [1.82, 2.24) is 0 Å². The van der Waals surface area contributed by atoms with Crippen LogP contribution in [0.2, 0.25) is 0 Å². The number of methoxy groups -OCH3 is 2. The van der Waals surface area contributed by atoms with Crippen LogP contribution in [0.4, 0.5) is 5.69 Å². The second-order valence-electron chi connectivity index (χ2n) is 5.22. The third-order valence-electron chi connectivity index (χ3n) is 3.09. The molecule has 2 rings (SSSR count). The standard InChI is InChI=1S/C15H22N2O2S/c1-10(2)7-12-9-20-15(17-12)16-11-5-6-13(18-3)14(8-11)19-4/h5-6,8,10,12H,7,9H2,1-4H3,(H,16,17). The van der Waals surface area contributed by atoms with Crippen molar-refractivity contribution in [3.8, 4) is 11.5 Å². The zero-order chi connectivity index (χ0) is 14.5. The molecule has 0 fully saturated rings. The van der Waals surface area contributed by atoms with Crippen molar-refractivity contribution in [3.05, 3.63) is 18.2 Å². The average Bonchev–Trinajstić information content (AvgIpc) is 2.85. The van der Waals surface area contributed by atoms with E-state index in [4.69, 9.17) is 14.5 Å². The molecule has 0 bridgehead atoms. The first kappa shape index (κ1) is 15.0. The monoisotopic (exact) mass is 294 g/mol. The van der Waals surface area contributed by atoms with Gasteiger partial charge in [-0.25, -0.2) is 0 Å². The molecule has 1 unspecified atom stereocenters. The minimum atomic E-state index is 0.433. The van der Waals surface area contributed by atoms with Gasteiger partial charge in [0.05, 0.1) is 20.3 Å². The highest BCUT2D eigenvalue weighted by molar-refractivity contribution is 8.14. The highest BCUT2D eigenvalue weighted by Crippen LogP contribution is 2.31. The molecule has 1 heterocycles. The van der Waals surface area contributed by atoms with E-state index in [2.05, 4.69) is 19.2 Å². The normalized spacial score (nSPS) is 18.1. The zero-order valence-corrected chi connectivity index (χ0v) is 13.3. The summed E-state index contributed by atoms with van der Waals surface area (Å²) in [6.07, 6.45) is 1.14. The van der Waals surface area contributed by atoms with Crippen LogP contribution in [0.25, 0.3) is 0 Å². The lowest BCUT2D eigenvalue weighted by molar-refractivity contribution is 0.355. The summed E-state index contributed by atoms with van der Waals surface area (Å²) in [5.41, 5.74) is 0.971. The summed E-state index contributed by atoms with van der Waals surface area (Å²) in [5.74, 6) is 3.20. The molecule has 1 aliphatic rings. The van der Waals surface area contributed by atoms with Gasteiger partial charge in [-0.3, -0.25) is 4.99 Å². The third-order valence-corrected chi connectivity index (χ3v) is 4.12. The Bertz CT molecular complexity index is 489. The lowest BCUT2D eigenvalue weighted by Gasteiger charge is -2.10. The third kappa shape index (κ3) is 3.82. The van der Waals surface area contributed by atoms with Gasteiger partial charge in [-0.05, 0) is 24.5 Å². The van der Waals surface area contributed by atoms with Crippen LogP contribution in [-0.2, 0) is 0 Å². The maximum atomic E-state index is 5.30. The van der Waals surface area contributed by atoms with Gasteiger partial charge in [0.2, 0.25) is 0 Å². The number of hydrogen-bond acceptors (Lipinski definition) is 5. The molecule has 0 radical (unpaired) electrons. The molecule has 0 aliphatic carbocycles. The first-order valence-electron chi connectivity index (χ1n) is 6.82. The van der Waals surface area contributed by atoms with Crippen LogP contribution in [0.5, 0.6) is 11.5 Å². The fraction of sp³-hybridized carbons (Fsp3) is 0.533. The van der Waals surface area contributed by atoms with Crippen molar-refractivity contribution >= 4 is 22.6 Å². The minimum absolute atomic E-state index is 0.433. The molecule has 0 saturated carbocycles. The van der Waals surface area contributed by atoms with E-state index in [0.29, 0.717) is 12.0 Å². The summed E-state index contributed by atoms with van der Waals surface area (Å²) >= 11 is 1.78. The van der Waals surface area contributed by atoms with Crippen LogP contribution >= 0.6 is 11.8 Å². The Balaban J connectivity index is 2.03. The molecule has 1 aliphatic heterocycles. The van der Waals surface area contributed by atoms with Gasteiger partial charge in [0, 0.05) is 17.5 Å². The summed E-state index contributed by atoms with van der Waals surface area (Å²) in [6.45, 7) is 4.47. The molecule has 0 aromatic heterocycles. The highest BCUT2D eigenvalue weighted by atomic mass is 32.2. The smallest absolute Gasteiger partial charge is 0.162 e. The van der Waals surface area contributed by atoms with Crippen molar-refractivity contribution in [2.45, 2.75) is 26.3 Å². The molecule has 1 aromatic rings. The Labute approximate surface area is 125 Å². The molecule has 110 valence electrons. The molecule has 20 heavy (non-hydrogen) atoms. The Hall–Kier alpha value is -1.36. The maximum Gasteiger partial charge on any atom is 0.162 e. The van der Waals surface area contributed by atoms with Crippen molar-refractivity contribution in [3.63, 3.8) is 0 Å². The van der Waals surface area contributed by atoms with Gasteiger partial charge in [-0.1, -0.05) is 25.6 Å². The molecule has 4 nitrogen and oxygen atoms in total. The van der Waals surface area contributed by atoms with Crippen LogP contribution in [0.15, 0.2) is 23.2 Å². The van der Waals surface area contributed by atoms with E-state index in [9.17, 15) is 0 Å². The van der Waals surface area contributed by atoms with Gasteiger partial charge in [-0.2, -0.15) is 0 Å². The Morgan fingerprint density at radius 3 is 2.70 bits per heavy atom. The zero-order valence-electron chi connectivity index (χ0n) is 12.5. The molecule has 5 heteroatoms. The average molecular weight is 294 g/mol. The van der Waals surface area contributed by atoms with Crippen molar-refractivity contribution in [2.75, 3.05) is 25.3 Å². The topological polar surface area (TPSA) is 42.8 Å². The molecule has 1 N–H and O–H groups in total. The van der Waals surface area contributed by atoms with Gasteiger partial charge < -0.3 is 14.8 Å². The van der Waals surface area contributed by atoms with E-state index in [0.717, 1.165) is 34.5 Å². The number of rotatable bonds is 5. The van der Waals surface area contributed by atoms with Crippen LogP contribution in [0, 0.1) is 5.92 Å². The van der Waals surface area contributed by atoms with Gasteiger partial charge in [0.25, 0.3) is 0 Å². The SMILES string of the molecule is COc1ccc(NC2=NC(CC(C)C)CS2)cc1OC. The van der Waals surface area contributed by atoms with E-state index >= 15 is 0 Å². The summed E-state index contributed by atoms with van der Waals surface area (Å²) in [7, 11) is 3.28. The minimum Gasteiger partial charge on any atom is -0.493 e. The number of ether oxygens (including phenoxy) is 2. The first-order valence-corrected chi connectivity index (χ1v) is 7.80. The fourth-order valence-electron chi connectivity index (χ4n) is 2.19. The molecule has 1 atom stereocenters. The molecular formula is C15H22N2O2S. The van der Waals surface area contributed by atoms with E-state index in [-0.39, 0.29) is 0 Å². The number of hydrogen-bond donors (Lipinski definition) is 1. The number of nitrogens with one attached hydrogen (secondary N) is 1. The van der Waals surface area contributed by atoms with E-state index < -0.39 is 0 Å². The summed E-state index contributed by atoms with van der Waals surface area (Å²) in [4.78, 5) is 4.72. The second-order valence-corrected chi connectivity index (χ2v) is 6.23. The van der Waals surface area contributed by atoms with E-state index in [1.54, 1.807) is 26.0 Å². The Kier molecular flexibility index (Phi) is 5.17. The van der Waals surface area contributed by atoms with Gasteiger partial charge in [0.1, 0.15) is 0 Å². The molecule has 0 amide bonds. The summed E-state index contributed by atoms with van der Waals surface area (Å²) in [5, 5.41) is 4.34. The van der Waals surface area contributed by atoms with Crippen molar-refractivity contribution in [2.24, 2.45) is 10.9 Å². The van der Waals surface area contributed by atoms with Crippen LogP contribution in [0.1, 0.15) is 20.3 Å². The number of thioether (sulfide) groups is 1. The van der Waals surface area contributed by atoms with Gasteiger partial charge in [-0.15, -0.1) is 0 Å². The number of anilines is 1. The van der Waals surface area contributed by atoms with Crippen LogP contribution in [0.3, 0.4) is 0 Å². The predicted octanol–water partition coefficient (Wildman–Crippen LogP) is 3.63. The number of benzene rings is 1. The summed E-state index contributed by atoms with van der Waals surface area (Å²) in [6, 6.07) is 6.23. The fourth-order valence-corrected chi connectivity index (χ4v) is 3.16. The lowest BCUT2D eigenvalue weighted by Crippen LogP contribution is -2.08. The van der Waals surface area contributed by atoms with E-state index in [1.807, 2.05) is 18.2 Å². The number of amidine groups is 1. The largest absolute Gasteiger partial charge is 0.493 e. The second kappa shape index (κ2) is 6.88. The van der Waals surface area contributed by atoms with Crippen molar-refractivity contribution in [1.29, 1.82) is 0 Å². The Morgan fingerprint density at radius 1 is 1.30 bits per heavy atom. The van der Waals surface area contributed by atoms with Crippen LogP contribution in [-0.4, -0.2) is 31.2 Å². The number of nitrogens with zero attached hydrogens (tertiary/aromatic N) is 1. The summed E-state index contributed by atoms with van der Waals surface area (Å²) < 4.78 is 10.5. The molecule has 0 spiro atoms. The maximum absolute atomic E-state index is 5.30. The molecule has 1 aromatic carbocycles. The quantitative estimate of drug-likeness (QED) is 0.900. The number of aliphatic imine (C=N–C) groups is 1. The molecular weight excluding hydrogens is 272 g/mol. The lowest BCUT2D eigenvalue weighted by atomic mass is 10.1. The Morgan fingerprint density at radius 2 is 2.05 bits per heavy atom.